The van der Waals surface area contributed by atoms with Gasteiger partial charge in [0.1, 0.15) is 4.88 Å². The molecule has 166 valence electrons. The second kappa shape index (κ2) is 10.3. The molecule has 4 rings (SSSR count). The monoisotopic (exact) mass is 441 g/mol. The zero-order valence-electron chi connectivity index (χ0n) is 18.1. The number of piperidine rings is 1. The number of amides is 2. The summed E-state index contributed by atoms with van der Waals surface area (Å²) in [5, 5.41) is 7.17. The normalized spacial score (nSPS) is 20.2. The molecule has 1 aromatic carbocycles. The molecule has 1 N–H and O–H groups in total. The molecule has 1 aromatic heterocycles. The first-order chi connectivity index (χ1) is 15.1. The van der Waals surface area contributed by atoms with Crippen molar-refractivity contribution in [1.82, 2.24) is 24.7 Å². The predicted molar refractivity (Wildman–Crippen MR) is 121 cm³/mol. The van der Waals surface area contributed by atoms with E-state index in [1.165, 1.54) is 17.1 Å². The predicted octanol–water partition coefficient (Wildman–Crippen LogP) is 2.87. The van der Waals surface area contributed by atoms with E-state index in [2.05, 4.69) is 44.1 Å². The van der Waals surface area contributed by atoms with Crippen LogP contribution >= 0.6 is 11.5 Å². The van der Waals surface area contributed by atoms with E-state index in [0.717, 1.165) is 58.4 Å². The highest BCUT2D eigenvalue weighted by Crippen LogP contribution is 2.24. The molecule has 31 heavy (non-hydrogen) atoms. The Morgan fingerprint density at radius 2 is 1.90 bits per heavy atom. The van der Waals surface area contributed by atoms with Gasteiger partial charge in [-0.15, -0.1) is 5.10 Å². The van der Waals surface area contributed by atoms with Crippen LogP contribution in [0.2, 0.25) is 0 Å². The fourth-order valence-corrected chi connectivity index (χ4v) is 5.19. The zero-order chi connectivity index (χ0) is 21.6. The van der Waals surface area contributed by atoms with Crippen LogP contribution in [0, 0.1) is 12.8 Å². The Morgan fingerprint density at radius 3 is 2.61 bits per heavy atom. The molecular weight excluding hydrogens is 410 g/mol. The SMILES string of the molecule is Cc1nnsc1C(=O)N1CCC(CCC(=O)NC2CCN(Cc3ccccc3)C2)CC1. The van der Waals surface area contributed by atoms with Crippen LogP contribution in [-0.4, -0.2) is 63.4 Å². The molecule has 1 atom stereocenters. The number of carbonyl (C=O) groups excluding carboxylic acids is 2. The summed E-state index contributed by atoms with van der Waals surface area (Å²) in [7, 11) is 0. The van der Waals surface area contributed by atoms with Gasteiger partial charge in [0.05, 0.1) is 5.69 Å². The highest BCUT2D eigenvalue weighted by Gasteiger charge is 2.27. The van der Waals surface area contributed by atoms with E-state index in [1.807, 2.05) is 17.9 Å². The summed E-state index contributed by atoms with van der Waals surface area (Å²) in [4.78, 5) is 30.0. The van der Waals surface area contributed by atoms with Gasteiger partial charge >= 0.3 is 0 Å². The van der Waals surface area contributed by atoms with Crippen LogP contribution in [0.4, 0.5) is 0 Å². The number of hydrogen-bond acceptors (Lipinski definition) is 6. The number of nitrogens with zero attached hydrogens (tertiary/aromatic N) is 4. The number of likely N-dealkylation sites (tertiary alicyclic amines) is 2. The van der Waals surface area contributed by atoms with Gasteiger partial charge in [-0.3, -0.25) is 14.5 Å². The lowest BCUT2D eigenvalue weighted by atomic mass is 9.92. The van der Waals surface area contributed by atoms with Gasteiger partial charge in [-0.05, 0) is 55.6 Å². The summed E-state index contributed by atoms with van der Waals surface area (Å²) in [5.41, 5.74) is 2.03. The molecule has 0 radical (unpaired) electrons. The van der Waals surface area contributed by atoms with Crippen LogP contribution in [0.25, 0.3) is 0 Å². The van der Waals surface area contributed by atoms with Crippen molar-refractivity contribution < 1.29 is 9.59 Å². The van der Waals surface area contributed by atoms with Gasteiger partial charge in [0, 0.05) is 45.2 Å². The molecule has 2 aromatic rings. The summed E-state index contributed by atoms with van der Waals surface area (Å²) < 4.78 is 3.87. The molecule has 0 aliphatic carbocycles. The third kappa shape index (κ3) is 5.89. The van der Waals surface area contributed by atoms with Gasteiger partial charge < -0.3 is 10.2 Å². The maximum atomic E-state index is 12.6. The number of hydrogen-bond donors (Lipinski definition) is 1. The Balaban J connectivity index is 1.13. The lowest BCUT2D eigenvalue weighted by Gasteiger charge is -2.31. The van der Waals surface area contributed by atoms with Gasteiger partial charge in [0.25, 0.3) is 5.91 Å². The van der Waals surface area contributed by atoms with E-state index in [4.69, 9.17) is 0 Å². The van der Waals surface area contributed by atoms with E-state index in [9.17, 15) is 9.59 Å². The van der Waals surface area contributed by atoms with Crippen molar-refractivity contribution in [2.75, 3.05) is 26.2 Å². The van der Waals surface area contributed by atoms with Crippen LogP contribution in [0.1, 0.15) is 53.0 Å². The van der Waals surface area contributed by atoms with Gasteiger partial charge in [-0.2, -0.15) is 0 Å². The first-order valence-corrected chi connectivity index (χ1v) is 12.0. The number of rotatable bonds is 7. The lowest BCUT2D eigenvalue weighted by molar-refractivity contribution is -0.122. The molecule has 2 amide bonds. The first kappa shape index (κ1) is 21.9. The Bertz CT molecular complexity index is 879. The van der Waals surface area contributed by atoms with Crippen molar-refractivity contribution in [3.05, 3.63) is 46.5 Å². The smallest absolute Gasteiger partial charge is 0.267 e. The Morgan fingerprint density at radius 1 is 1.13 bits per heavy atom. The number of aromatic nitrogens is 2. The van der Waals surface area contributed by atoms with Crippen LogP contribution in [0.5, 0.6) is 0 Å². The third-order valence-corrected chi connectivity index (χ3v) is 7.23. The van der Waals surface area contributed by atoms with E-state index in [1.54, 1.807) is 0 Å². The summed E-state index contributed by atoms with van der Waals surface area (Å²) in [5.74, 6) is 0.718. The second-order valence-electron chi connectivity index (χ2n) is 8.74. The molecule has 2 aliphatic heterocycles. The molecule has 3 heterocycles. The molecule has 2 fully saturated rings. The van der Waals surface area contributed by atoms with Crippen molar-refractivity contribution in [3.63, 3.8) is 0 Å². The van der Waals surface area contributed by atoms with Crippen molar-refractivity contribution in [2.24, 2.45) is 5.92 Å². The molecule has 2 saturated heterocycles. The minimum atomic E-state index is 0.0463. The highest BCUT2D eigenvalue weighted by atomic mass is 32.1. The highest BCUT2D eigenvalue weighted by molar-refractivity contribution is 7.07. The van der Waals surface area contributed by atoms with E-state index < -0.39 is 0 Å². The van der Waals surface area contributed by atoms with Crippen LogP contribution in [0.15, 0.2) is 30.3 Å². The summed E-state index contributed by atoms with van der Waals surface area (Å²) in [6.45, 7) is 6.22. The second-order valence-corrected chi connectivity index (χ2v) is 9.49. The summed E-state index contributed by atoms with van der Waals surface area (Å²) >= 11 is 1.17. The number of carbonyl (C=O) groups is 2. The number of aryl methyl sites for hydroxylation is 1. The topological polar surface area (TPSA) is 78.4 Å². The quantitative estimate of drug-likeness (QED) is 0.715. The van der Waals surface area contributed by atoms with Crippen LogP contribution < -0.4 is 5.32 Å². The standard InChI is InChI=1S/C23H31N5O2S/c1-17-22(31-26-25-17)23(30)28-13-9-18(10-14-28)7-8-21(29)24-20-11-12-27(16-20)15-19-5-3-2-4-6-19/h2-6,18,20H,7-16H2,1H3,(H,24,29). The number of benzene rings is 1. The van der Waals surface area contributed by atoms with E-state index in [-0.39, 0.29) is 17.9 Å². The molecule has 0 bridgehead atoms. The molecule has 8 heteroatoms. The largest absolute Gasteiger partial charge is 0.352 e. The van der Waals surface area contributed by atoms with E-state index in [0.29, 0.717) is 22.9 Å². The maximum absolute atomic E-state index is 12.6. The lowest BCUT2D eigenvalue weighted by Crippen LogP contribution is -2.39. The zero-order valence-corrected chi connectivity index (χ0v) is 18.9. The molecule has 0 spiro atoms. The van der Waals surface area contributed by atoms with Gasteiger partial charge in [0.15, 0.2) is 0 Å². The van der Waals surface area contributed by atoms with Crippen LogP contribution in [-0.2, 0) is 11.3 Å². The fraction of sp³-hybridized carbons (Fsp3) is 0.565. The summed E-state index contributed by atoms with van der Waals surface area (Å²) in [6, 6.07) is 10.7. The Kier molecular flexibility index (Phi) is 7.29. The molecule has 7 nitrogen and oxygen atoms in total. The molecular formula is C23H31N5O2S. The average molecular weight is 442 g/mol. The van der Waals surface area contributed by atoms with Gasteiger partial charge in [0.2, 0.25) is 5.91 Å². The Labute approximate surface area is 188 Å². The minimum Gasteiger partial charge on any atom is -0.352 e. The molecule has 0 saturated carbocycles. The van der Waals surface area contributed by atoms with Gasteiger partial charge in [-0.1, -0.05) is 34.8 Å². The van der Waals surface area contributed by atoms with Crippen LogP contribution in [0.3, 0.4) is 0 Å². The Hall–Kier alpha value is -2.32. The maximum Gasteiger partial charge on any atom is 0.267 e. The fourth-order valence-electron chi connectivity index (χ4n) is 4.57. The van der Waals surface area contributed by atoms with Gasteiger partial charge in [-0.25, -0.2) is 0 Å². The molecule has 1 unspecified atom stereocenters. The van der Waals surface area contributed by atoms with Crippen molar-refractivity contribution >= 4 is 23.3 Å². The summed E-state index contributed by atoms with van der Waals surface area (Å²) in [6.07, 6.45) is 4.41. The third-order valence-electron chi connectivity index (χ3n) is 6.41. The van der Waals surface area contributed by atoms with E-state index >= 15 is 0 Å². The minimum absolute atomic E-state index is 0.0463. The van der Waals surface area contributed by atoms with Crippen molar-refractivity contribution in [2.45, 2.75) is 51.6 Å². The molecule has 2 aliphatic rings. The number of nitrogens with one attached hydrogen (secondary N) is 1. The first-order valence-electron chi connectivity index (χ1n) is 11.2. The van der Waals surface area contributed by atoms with Crippen molar-refractivity contribution in [1.29, 1.82) is 0 Å². The average Bonchev–Trinajstić information content (AvgIpc) is 3.41. The van der Waals surface area contributed by atoms with Crippen molar-refractivity contribution in [3.8, 4) is 0 Å².